The predicted molar refractivity (Wildman–Crippen MR) is 98.4 cm³/mol. The molecule has 0 fully saturated rings. The van der Waals surface area contributed by atoms with Gasteiger partial charge in [0.1, 0.15) is 18.9 Å². The predicted octanol–water partition coefficient (Wildman–Crippen LogP) is 1.04. The third-order valence-corrected chi connectivity index (χ3v) is 3.94. The molecule has 1 aromatic carbocycles. The SMILES string of the molecule is O=C(NCCNC(=O)c1ccccc1Cl)c1nc(Cn2cc([N+](=O)[O-])cn2)no1. The summed E-state index contributed by atoms with van der Waals surface area (Å²) in [5.74, 6) is -1.14. The molecule has 0 unspecified atom stereocenters. The van der Waals surface area contributed by atoms with E-state index in [0.717, 1.165) is 6.20 Å². The summed E-state index contributed by atoms with van der Waals surface area (Å²) in [5.41, 5.74) is 0.159. The molecule has 0 aliphatic carbocycles. The van der Waals surface area contributed by atoms with Gasteiger partial charge in [0, 0.05) is 13.1 Å². The van der Waals surface area contributed by atoms with Gasteiger partial charge in [-0.2, -0.15) is 10.1 Å². The first kappa shape index (κ1) is 19.9. The fraction of sp³-hybridized carbons (Fsp3) is 0.188. The molecular weight excluding hydrogens is 406 g/mol. The van der Waals surface area contributed by atoms with Crippen molar-refractivity contribution in [2.24, 2.45) is 0 Å². The number of nitrogens with one attached hydrogen (secondary N) is 2. The minimum Gasteiger partial charge on any atom is -0.350 e. The Balaban J connectivity index is 1.46. The van der Waals surface area contributed by atoms with Crippen molar-refractivity contribution in [1.29, 1.82) is 0 Å². The second-order valence-corrected chi connectivity index (χ2v) is 6.07. The Kier molecular flexibility index (Phi) is 6.14. The van der Waals surface area contributed by atoms with Gasteiger partial charge in [0.2, 0.25) is 0 Å². The topological polar surface area (TPSA) is 158 Å². The van der Waals surface area contributed by atoms with Crippen LogP contribution in [0.2, 0.25) is 5.02 Å². The van der Waals surface area contributed by atoms with Crippen LogP contribution in [-0.4, -0.2) is 49.7 Å². The lowest BCUT2D eigenvalue weighted by molar-refractivity contribution is -0.385. The Morgan fingerprint density at radius 1 is 1.21 bits per heavy atom. The number of nitro groups is 1. The number of rotatable bonds is 8. The molecule has 0 atom stereocenters. The molecule has 2 aromatic heterocycles. The highest BCUT2D eigenvalue weighted by atomic mass is 35.5. The number of aromatic nitrogens is 4. The second-order valence-electron chi connectivity index (χ2n) is 5.66. The molecule has 12 nitrogen and oxygen atoms in total. The molecule has 3 rings (SSSR count). The lowest BCUT2D eigenvalue weighted by atomic mass is 10.2. The van der Waals surface area contributed by atoms with Gasteiger partial charge in [0.05, 0.1) is 15.5 Å². The largest absolute Gasteiger partial charge is 0.350 e. The van der Waals surface area contributed by atoms with Crippen LogP contribution in [0.25, 0.3) is 0 Å². The first-order valence-corrected chi connectivity index (χ1v) is 8.62. The van der Waals surface area contributed by atoms with Gasteiger partial charge in [-0.25, -0.2) is 0 Å². The van der Waals surface area contributed by atoms with Gasteiger partial charge in [-0.05, 0) is 12.1 Å². The molecule has 2 N–H and O–H groups in total. The molecule has 0 aliphatic heterocycles. The zero-order valence-corrected chi connectivity index (χ0v) is 15.5. The van der Waals surface area contributed by atoms with E-state index in [0.29, 0.717) is 10.6 Å². The van der Waals surface area contributed by atoms with E-state index >= 15 is 0 Å². The zero-order chi connectivity index (χ0) is 20.8. The maximum Gasteiger partial charge on any atom is 0.316 e. The zero-order valence-electron chi connectivity index (χ0n) is 14.7. The Bertz CT molecular complexity index is 1050. The number of hydrogen-bond acceptors (Lipinski definition) is 8. The maximum absolute atomic E-state index is 12.0. The number of halogens is 1. The van der Waals surface area contributed by atoms with Crippen molar-refractivity contribution in [2.45, 2.75) is 6.54 Å². The quantitative estimate of drug-likeness (QED) is 0.311. The van der Waals surface area contributed by atoms with Crippen LogP contribution in [-0.2, 0) is 6.54 Å². The normalized spacial score (nSPS) is 10.5. The van der Waals surface area contributed by atoms with E-state index in [1.165, 1.54) is 10.9 Å². The second kappa shape index (κ2) is 8.93. The van der Waals surface area contributed by atoms with Crippen molar-refractivity contribution >= 4 is 29.1 Å². The summed E-state index contributed by atoms with van der Waals surface area (Å²) in [7, 11) is 0. The van der Waals surface area contributed by atoms with Crippen LogP contribution in [0.3, 0.4) is 0 Å². The van der Waals surface area contributed by atoms with Gasteiger partial charge in [-0.1, -0.05) is 28.9 Å². The van der Waals surface area contributed by atoms with Crippen LogP contribution >= 0.6 is 11.6 Å². The molecule has 150 valence electrons. The van der Waals surface area contributed by atoms with E-state index < -0.39 is 10.8 Å². The summed E-state index contributed by atoms with van der Waals surface area (Å²) in [4.78, 5) is 38.0. The summed E-state index contributed by atoms with van der Waals surface area (Å²) in [6, 6.07) is 6.60. The van der Waals surface area contributed by atoms with Crippen molar-refractivity contribution < 1.29 is 19.0 Å². The third kappa shape index (κ3) is 5.13. The average Bonchev–Trinajstić information content (AvgIpc) is 3.35. The molecule has 0 saturated carbocycles. The first-order valence-electron chi connectivity index (χ1n) is 8.24. The highest BCUT2D eigenvalue weighted by Gasteiger charge is 2.16. The van der Waals surface area contributed by atoms with Crippen molar-refractivity contribution in [1.82, 2.24) is 30.6 Å². The standard InChI is InChI=1S/C16H14ClN7O5/c17-12-4-2-1-3-11(12)14(25)18-5-6-19-15(26)16-21-13(22-29-16)9-23-8-10(7-20-23)24(27)28/h1-4,7-8H,5-6,9H2,(H,18,25)(H,19,26). The molecule has 0 spiro atoms. The summed E-state index contributed by atoms with van der Waals surface area (Å²) in [6.07, 6.45) is 2.29. The minimum absolute atomic E-state index is 0.00148. The summed E-state index contributed by atoms with van der Waals surface area (Å²) in [6.45, 7) is 0.282. The van der Waals surface area contributed by atoms with E-state index in [-0.39, 0.29) is 42.9 Å². The average molecular weight is 420 g/mol. The Hall–Kier alpha value is -3.80. The van der Waals surface area contributed by atoms with Gasteiger partial charge in [-0.3, -0.25) is 24.4 Å². The Morgan fingerprint density at radius 2 is 1.93 bits per heavy atom. The minimum atomic E-state index is -0.623. The van der Waals surface area contributed by atoms with Crippen molar-refractivity contribution in [3.05, 3.63) is 69.1 Å². The fourth-order valence-corrected chi connectivity index (χ4v) is 2.48. The van der Waals surface area contributed by atoms with E-state index in [1.807, 2.05) is 0 Å². The fourth-order valence-electron chi connectivity index (χ4n) is 2.26. The smallest absolute Gasteiger partial charge is 0.316 e. The van der Waals surface area contributed by atoms with E-state index in [2.05, 4.69) is 25.9 Å². The molecule has 13 heteroatoms. The molecule has 2 amide bonds. The number of nitrogens with zero attached hydrogens (tertiary/aromatic N) is 5. The van der Waals surface area contributed by atoms with Crippen molar-refractivity contribution in [3.63, 3.8) is 0 Å². The van der Waals surface area contributed by atoms with E-state index in [9.17, 15) is 19.7 Å². The van der Waals surface area contributed by atoms with Crippen LogP contribution in [0, 0.1) is 10.1 Å². The molecular formula is C16H14ClN7O5. The van der Waals surface area contributed by atoms with Gasteiger partial charge < -0.3 is 15.2 Å². The van der Waals surface area contributed by atoms with Crippen LogP contribution in [0.5, 0.6) is 0 Å². The van der Waals surface area contributed by atoms with E-state index in [4.69, 9.17) is 16.1 Å². The molecule has 3 aromatic rings. The van der Waals surface area contributed by atoms with Crippen LogP contribution in [0.1, 0.15) is 26.9 Å². The van der Waals surface area contributed by atoms with Gasteiger partial charge in [0.25, 0.3) is 5.91 Å². The highest BCUT2D eigenvalue weighted by molar-refractivity contribution is 6.33. The van der Waals surface area contributed by atoms with Crippen LogP contribution < -0.4 is 10.6 Å². The Labute approximate surface area is 168 Å². The number of carbonyl (C=O) groups is 2. The molecule has 0 aliphatic rings. The van der Waals surface area contributed by atoms with Crippen LogP contribution in [0.4, 0.5) is 5.69 Å². The monoisotopic (exact) mass is 419 g/mol. The summed E-state index contributed by atoms with van der Waals surface area (Å²) < 4.78 is 6.11. The van der Waals surface area contributed by atoms with Gasteiger partial charge >= 0.3 is 17.5 Å². The van der Waals surface area contributed by atoms with E-state index in [1.54, 1.807) is 24.3 Å². The number of benzene rings is 1. The highest BCUT2D eigenvalue weighted by Crippen LogP contribution is 2.14. The summed E-state index contributed by atoms with van der Waals surface area (Å²) in [5, 5.41) is 23.5. The lowest BCUT2D eigenvalue weighted by Crippen LogP contribution is -2.34. The molecule has 0 bridgehead atoms. The van der Waals surface area contributed by atoms with Gasteiger partial charge in [0.15, 0.2) is 5.82 Å². The summed E-state index contributed by atoms with van der Waals surface area (Å²) >= 11 is 5.94. The lowest BCUT2D eigenvalue weighted by Gasteiger charge is -2.06. The molecule has 0 radical (unpaired) electrons. The number of carbonyl (C=O) groups excluding carboxylic acids is 2. The maximum atomic E-state index is 12.0. The van der Waals surface area contributed by atoms with Crippen molar-refractivity contribution in [3.8, 4) is 0 Å². The molecule has 29 heavy (non-hydrogen) atoms. The van der Waals surface area contributed by atoms with Gasteiger partial charge in [-0.15, -0.1) is 0 Å². The van der Waals surface area contributed by atoms with Crippen molar-refractivity contribution in [2.75, 3.05) is 13.1 Å². The number of amides is 2. The molecule has 0 saturated heterocycles. The third-order valence-electron chi connectivity index (χ3n) is 3.61. The Morgan fingerprint density at radius 3 is 2.62 bits per heavy atom. The van der Waals surface area contributed by atoms with Crippen LogP contribution in [0.15, 0.2) is 41.2 Å². The number of hydrogen-bond donors (Lipinski definition) is 2. The first-order chi connectivity index (χ1) is 13.9. The molecule has 2 heterocycles.